The number of carbonyl (C=O) groups excluding carboxylic acids is 1. The number of ether oxygens (including phenoxy) is 1. The molecule has 1 aromatic heterocycles. The number of esters is 1. The van der Waals surface area contributed by atoms with E-state index in [-0.39, 0.29) is 0 Å². The average molecular weight is 294 g/mol. The van der Waals surface area contributed by atoms with Crippen molar-refractivity contribution in [3.63, 3.8) is 0 Å². The van der Waals surface area contributed by atoms with Crippen LogP contribution in [-0.4, -0.2) is 19.1 Å². The van der Waals surface area contributed by atoms with Crippen LogP contribution < -0.4 is 5.73 Å². The Kier molecular flexibility index (Phi) is 4.47. The third-order valence-electron chi connectivity index (χ3n) is 3.04. The van der Waals surface area contributed by atoms with Gasteiger partial charge in [-0.2, -0.15) is 0 Å². The predicted octanol–water partition coefficient (Wildman–Crippen LogP) is 2.95. The van der Waals surface area contributed by atoms with Gasteiger partial charge in [0.2, 0.25) is 0 Å². The monoisotopic (exact) mass is 293 g/mol. The number of rotatable bonds is 4. The molecule has 0 spiro atoms. The minimum Gasteiger partial charge on any atom is -0.468 e. The molecule has 0 aliphatic rings. The standard InChI is InChI=1S/C15H16ClNO3/c1-9-3-4-10(7-12(9)16)14-6-5-11(20-14)8-13(17)15(18)19-2/h3-7,13H,8,17H2,1-2H3. The van der Waals surface area contributed by atoms with Crippen molar-refractivity contribution in [1.29, 1.82) is 0 Å². The summed E-state index contributed by atoms with van der Waals surface area (Å²) in [5, 5.41) is 0.687. The van der Waals surface area contributed by atoms with E-state index in [1.165, 1.54) is 7.11 Å². The van der Waals surface area contributed by atoms with Gasteiger partial charge in [-0.25, -0.2) is 0 Å². The highest BCUT2D eigenvalue weighted by Gasteiger charge is 2.16. The maximum Gasteiger partial charge on any atom is 0.323 e. The summed E-state index contributed by atoms with van der Waals surface area (Å²) in [5.41, 5.74) is 7.59. The number of carbonyl (C=O) groups is 1. The van der Waals surface area contributed by atoms with Crippen molar-refractivity contribution in [2.75, 3.05) is 7.11 Å². The van der Waals surface area contributed by atoms with Gasteiger partial charge in [0.05, 0.1) is 7.11 Å². The Hall–Kier alpha value is -1.78. The lowest BCUT2D eigenvalue weighted by molar-refractivity contribution is -0.142. The van der Waals surface area contributed by atoms with Crippen LogP contribution in [-0.2, 0) is 16.0 Å². The molecule has 0 saturated carbocycles. The number of methoxy groups -OCH3 is 1. The van der Waals surface area contributed by atoms with Gasteiger partial charge in [-0.05, 0) is 30.7 Å². The lowest BCUT2D eigenvalue weighted by Crippen LogP contribution is -2.33. The second-order valence-corrected chi connectivity index (χ2v) is 4.97. The third-order valence-corrected chi connectivity index (χ3v) is 3.45. The van der Waals surface area contributed by atoms with Gasteiger partial charge >= 0.3 is 5.97 Å². The first-order chi connectivity index (χ1) is 9.51. The van der Waals surface area contributed by atoms with Crippen molar-refractivity contribution >= 4 is 17.6 Å². The van der Waals surface area contributed by atoms with Gasteiger partial charge in [0.15, 0.2) is 0 Å². The molecule has 0 fully saturated rings. The van der Waals surface area contributed by atoms with Crippen molar-refractivity contribution in [1.82, 2.24) is 0 Å². The highest BCUT2D eigenvalue weighted by Crippen LogP contribution is 2.27. The first-order valence-electron chi connectivity index (χ1n) is 6.20. The molecule has 2 aromatic rings. The minimum absolute atomic E-state index is 0.298. The molecule has 1 heterocycles. The Morgan fingerprint density at radius 3 is 2.80 bits per heavy atom. The van der Waals surface area contributed by atoms with Gasteiger partial charge in [-0.3, -0.25) is 4.79 Å². The molecule has 0 aliphatic heterocycles. The van der Waals surface area contributed by atoms with E-state index >= 15 is 0 Å². The van der Waals surface area contributed by atoms with E-state index in [0.717, 1.165) is 11.1 Å². The van der Waals surface area contributed by atoms with Crippen LogP contribution in [0.3, 0.4) is 0 Å². The fraction of sp³-hybridized carbons (Fsp3) is 0.267. The van der Waals surface area contributed by atoms with E-state index < -0.39 is 12.0 Å². The molecule has 5 heteroatoms. The molecule has 0 aliphatic carbocycles. The van der Waals surface area contributed by atoms with Gasteiger partial charge in [0.25, 0.3) is 0 Å². The number of nitrogens with two attached hydrogens (primary N) is 1. The summed E-state index contributed by atoms with van der Waals surface area (Å²) >= 11 is 6.09. The van der Waals surface area contributed by atoms with Crippen LogP contribution in [0.25, 0.3) is 11.3 Å². The maximum absolute atomic E-state index is 11.3. The molecule has 2 N–H and O–H groups in total. The number of hydrogen-bond donors (Lipinski definition) is 1. The van der Waals surface area contributed by atoms with Crippen LogP contribution in [0.4, 0.5) is 0 Å². The SMILES string of the molecule is COC(=O)C(N)Cc1ccc(-c2ccc(C)c(Cl)c2)o1. The summed E-state index contributed by atoms with van der Waals surface area (Å²) in [5.74, 6) is 0.870. The highest BCUT2D eigenvalue weighted by atomic mass is 35.5. The van der Waals surface area contributed by atoms with Crippen molar-refractivity contribution in [2.24, 2.45) is 5.73 Å². The summed E-state index contributed by atoms with van der Waals surface area (Å²) in [6, 6.07) is 8.62. The molecule has 20 heavy (non-hydrogen) atoms. The van der Waals surface area contributed by atoms with Gasteiger partial charge in [0, 0.05) is 17.0 Å². The number of benzene rings is 1. The van der Waals surface area contributed by atoms with Gasteiger partial charge in [-0.1, -0.05) is 23.7 Å². The fourth-order valence-electron chi connectivity index (χ4n) is 1.84. The maximum atomic E-state index is 11.3. The van der Waals surface area contributed by atoms with Crippen LogP contribution in [0.1, 0.15) is 11.3 Å². The molecule has 0 bridgehead atoms. The molecule has 1 aromatic carbocycles. The van der Waals surface area contributed by atoms with Crippen LogP contribution >= 0.6 is 11.6 Å². The van der Waals surface area contributed by atoms with E-state index in [1.807, 2.05) is 31.2 Å². The summed E-state index contributed by atoms with van der Waals surface area (Å²) < 4.78 is 10.3. The zero-order chi connectivity index (χ0) is 14.7. The number of halogens is 1. The van der Waals surface area contributed by atoms with Crippen molar-refractivity contribution in [3.8, 4) is 11.3 Å². The summed E-state index contributed by atoms with van der Waals surface area (Å²) in [6.45, 7) is 1.94. The minimum atomic E-state index is -0.722. The first kappa shape index (κ1) is 14.6. The second kappa shape index (κ2) is 6.11. The number of aryl methyl sites for hydroxylation is 1. The number of furan rings is 1. The normalized spacial score (nSPS) is 12.2. The molecule has 4 nitrogen and oxygen atoms in total. The van der Waals surface area contributed by atoms with Crippen LogP contribution in [0.5, 0.6) is 0 Å². The first-order valence-corrected chi connectivity index (χ1v) is 6.57. The zero-order valence-electron chi connectivity index (χ0n) is 11.4. The molecule has 2 rings (SSSR count). The molecule has 0 radical (unpaired) electrons. The Balaban J connectivity index is 2.16. The van der Waals surface area contributed by atoms with Crippen molar-refractivity contribution in [2.45, 2.75) is 19.4 Å². The van der Waals surface area contributed by atoms with Crippen LogP contribution in [0.15, 0.2) is 34.7 Å². The highest BCUT2D eigenvalue weighted by molar-refractivity contribution is 6.31. The number of hydrogen-bond acceptors (Lipinski definition) is 4. The summed E-state index contributed by atoms with van der Waals surface area (Å²) in [4.78, 5) is 11.3. The quantitative estimate of drug-likeness (QED) is 0.880. The van der Waals surface area contributed by atoms with E-state index in [2.05, 4.69) is 4.74 Å². The summed E-state index contributed by atoms with van der Waals surface area (Å²) in [6.07, 6.45) is 0.298. The Morgan fingerprint density at radius 2 is 2.15 bits per heavy atom. The molecule has 1 atom stereocenters. The van der Waals surface area contributed by atoms with E-state index in [1.54, 1.807) is 6.07 Å². The fourth-order valence-corrected chi connectivity index (χ4v) is 2.02. The smallest absolute Gasteiger partial charge is 0.323 e. The van der Waals surface area contributed by atoms with Crippen molar-refractivity contribution < 1.29 is 13.9 Å². The molecule has 0 amide bonds. The molecular formula is C15H16ClNO3. The Bertz CT molecular complexity index is 621. The third kappa shape index (κ3) is 3.21. The van der Waals surface area contributed by atoms with Gasteiger partial charge in [-0.15, -0.1) is 0 Å². The molecule has 106 valence electrons. The van der Waals surface area contributed by atoms with Crippen LogP contribution in [0.2, 0.25) is 5.02 Å². The Labute approximate surface area is 122 Å². The van der Waals surface area contributed by atoms with E-state index in [4.69, 9.17) is 21.8 Å². The molecule has 0 saturated heterocycles. The Morgan fingerprint density at radius 1 is 1.40 bits per heavy atom. The average Bonchev–Trinajstić information content (AvgIpc) is 2.89. The lowest BCUT2D eigenvalue weighted by Gasteiger charge is -2.06. The molecule has 1 unspecified atom stereocenters. The van der Waals surface area contributed by atoms with E-state index in [9.17, 15) is 4.79 Å². The van der Waals surface area contributed by atoms with Gasteiger partial charge < -0.3 is 14.9 Å². The predicted molar refractivity (Wildman–Crippen MR) is 77.6 cm³/mol. The van der Waals surface area contributed by atoms with E-state index in [0.29, 0.717) is 23.0 Å². The topological polar surface area (TPSA) is 65.5 Å². The van der Waals surface area contributed by atoms with Crippen LogP contribution in [0, 0.1) is 6.92 Å². The lowest BCUT2D eigenvalue weighted by atomic mass is 10.1. The second-order valence-electron chi connectivity index (χ2n) is 4.56. The largest absolute Gasteiger partial charge is 0.468 e. The molecular weight excluding hydrogens is 278 g/mol. The zero-order valence-corrected chi connectivity index (χ0v) is 12.1. The summed E-state index contributed by atoms with van der Waals surface area (Å²) in [7, 11) is 1.31. The van der Waals surface area contributed by atoms with Crippen molar-refractivity contribution in [3.05, 3.63) is 46.7 Å². The van der Waals surface area contributed by atoms with Gasteiger partial charge in [0.1, 0.15) is 17.6 Å².